The Morgan fingerprint density at radius 3 is 2.27 bits per heavy atom. The van der Waals surface area contributed by atoms with E-state index in [2.05, 4.69) is 6.07 Å². The lowest BCUT2D eigenvalue weighted by atomic mass is 9.96. The smallest absolute Gasteiger partial charge is 0.305 e. The Kier molecular flexibility index (Phi) is 5.39. The fraction of sp³-hybridized carbons (Fsp3) is 0.533. The first-order valence-corrected chi connectivity index (χ1v) is 8.07. The molecule has 1 aromatic heterocycles. The number of nitriles is 1. The highest BCUT2D eigenvalue weighted by atomic mass is 32.1. The molecule has 0 unspecified atom stereocenters. The van der Waals surface area contributed by atoms with Gasteiger partial charge < -0.3 is 15.1 Å². The van der Waals surface area contributed by atoms with Gasteiger partial charge in [0, 0.05) is 18.0 Å². The molecule has 0 saturated heterocycles. The molecule has 6 nitrogen and oxygen atoms in total. The van der Waals surface area contributed by atoms with E-state index in [1.165, 1.54) is 16.2 Å². The average Bonchev–Trinajstić information content (AvgIpc) is 2.85. The Balaban J connectivity index is 2.29. The molecule has 0 bridgehead atoms. The molecular formula is C15H18N2O4S. The molecule has 1 aliphatic rings. The van der Waals surface area contributed by atoms with Crippen molar-refractivity contribution in [2.75, 3.05) is 18.0 Å². The van der Waals surface area contributed by atoms with Crippen molar-refractivity contribution < 1.29 is 19.8 Å². The molecule has 1 aromatic rings. The zero-order chi connectivity index (χ0) is 16.1. The number of fused-ring (bicyclic) bond motifs is 1. The standard InChI is InChI=1S/C15H18N2O4S/c16-9-11-10-3-1-2-4-12(10)22-15(11)17(7-5-13(18)19)8-6-14(20)21/h1-8H2,(H,18,19)(H,20,21). The van der Waals surface area contributed by atoms with Crippen LogP contribution < -0.4 is 4.90 Å². The average molecular weight is 322 g/mol. The maximum Gasteiger partial charge on any atom is 0.305 e. The number of nitrogens with zero attached hydrogens (tertiary/aromatic N) is 2. The number of hydrogen-bond donors (Lipinski definition) is 2. The number of hydrogen-bond acceptors (Lipinski definition) is 5. The minimum absolute atomic E-state index is 0.0763. The minimum atomic E-state index is -0.930. The van der Waals surface area contributed by atoms with E-state index in [1.807, 2.05) is 0 Å². The van der Waals surface area contributed by atoms with Crippen LogP contribution in [0.25, 0.3) is 0 Å². The second-order valence-corrected chi connectivity index (χ2v) is 6.36. The van der Waals surface area contributed by atoms with Crippen molar-refractivity contribution in [3.05, 3.63) is 16.0 Å². The highest BCUT2D eigenvalue weighted by Crippen LogP contribution is 2.39. The van der Waals surface area contributed by atoms with Crippen LogP contribution in [0.1, 0.15) is 41.7 Å². The monoisotopic (exact) mass is 322 g/mol. The molecule has 118 valence electrons. The van der Waals surface area contributed by atoms with Crippen LogP contribution in [0.4, 0.5) is 5.00 Å². The molecule has 0 fully saturated rings. The van der Waals surface area contributed by atoms with Crippen molar-refractivity contribution in [3.63, 3.8) is 0 Å². The highest BCUT2D eigenvalue weighted by Gasteiger charge is 2.24. The van der Waals surface area contributed by atoms with E-state index >= 15 is 0 Å². The molecule has 0 atom stereocenters. The predicted octanol–water partition coefficient (Wildman–Crippen LogP) is 2.25. The number of carboxylic acids is 2. The summed E-state index contributed by atoms with van der Waals surface area (Å²) < 4.78 is 0. The lowest BCUT2D eigenvalue weighted by Crippen LogP contribution is -2.28. The van der Waals surface area contributed by atoms with Crippen LogP contribution in [-0.4, -0.2) is 35.2 Å². The molecule has 0 saturated carbocycles. The quantitative estimate of drug-likeness (QED) is 0.798. The van der Waals surface area contributed by atoms with E-state index in [-0.39, 0.29) is 25.9 Å². The molecule has 0 radical (unpaired) electrons. The van der Waals surface area contributed by atoms with Crippen molar-refractivity contribution in [1.82, 2.24) is 0 Å². The van der Waals surface area contributed by atoms with E-state index in [0.29, 0.717) is 5.56 Å². The van der Waals surface area contributed by atoms with Crippen LogP contribution in [0.2, 0.25) is 0 Å². The fourth-order valence-electron chi connectivity index (χ4n) is 2.67. The largest absolute Gasteiger partial charge is 0.481 e. The molecule has 0 aliphatic heterocycles. The maximum atomic E-state index is 10.8. The van der Waals surface area contributed by atoms with Crippen molar-refractivity contribution in [3.8, 4) is 6.07 Å². The summed E-state index contributed by atoms with van der Waals surface area (Å²) in [5.74, 6) is -1.86. The first kappa shape index (κ1) is 16.3. The molecule has 0 amide bonds. The SMILES string of the molecule is N#Cc1c(N(CCC(=O)O)CCC(=O)O)sc2c1CCCC2. The van der Waals surface area contributed by atoms with Crippen LogP contribution in [0.5, 0.6) is 0 Å². The van der Waals surface area contributed by atoms with Gasteiger partial charge in [0.05, 0.1) is 18.4 Å². The number of rotatable bonds is 7. The summed E-state index contributed by atoms with van der Waals surface area (Å²) in [5.41, 5.74) is 1.68. The Hall–Kier alpha value is -2.07. The maximum absolute atomic E-state index is 10.8. The number of carboxylic acid groups (broad SMARTS) is 2. The number of thiophene rings is 1. The zero-order valence-corrected chi connectivity index (χ0v) is 13.0. The molecule has 0 aromatic carbocycles. The third kappa shape index (κ3) is 3.77. The van der Waals surface area contributed by atoms with Gasteiger partial charge in [0.2, 0.25) is 0 Å². The van der Waals surface area contributed by atoms with E-state index in [0.717, 1.165) is 36.2 Å². The van der Waals surface area contributed by atoms with Gasteiger partial charge in [-0.25, -0.2) is 0 Å². The Morgan fingerprint density at radius 1 is 1.14 bits per heavy atom. The molecule has 1 aliphatic carbocycles. The second kappa shape index (κ2) is 7.27. The van der Waals surface area contributed by atoms with Crippen LogP contribution in [0.15, 0.2) is 0 Å². The molecule has 22 heavy (non-hydrogen) atoms. The zero-order valence-electron chi connectivity index (χ0n) is 12.2. The summed E-state index contributed by atoms with van der Waals surface area (Å²) in [5, 5.41) is 27.9. The summed E-state index contributed by atoms with van der Waals surface area (Å²) in [4.78, 5) is 24.6. The molecule has 2 N–H and O–H groups in total. The van der Waals surface area contributed by atoms with Gasteiger partial charge in [0.25, 0.3) is 0 Å². The van der Waals surface area contributed by atoms with E-state index in [4.69, 9.17) is 10.2 Å². The van der Waals surface area contributed by atoms with E-state index in [9.17, 15) is 14.9 Å². The van der Waals surface area contributed by atoms with Crippen LogP contribution in [0, 0.1) is 11.3 Å². The molecule has 7 heteroatoms. The first-order valence-electron chi connectivity index (χ1n) is 7.26. The fourth-order valence-corrected chi connectivity index (χ4v) is 4.06. The van der Waals surface area contributed by atoms with Gasteiger partial charge in [-0.3, -0.25) is 9.59 Å². The van der Waals surface area contributed by atoms with E-state index < -0.39 is 11.9 Å². The van der Waals surface area contributed by atoms with Gasteiger partial charge in [-0.05, 0) is 31.2 Å². The third-order valence-electron chi connectivity index (χ3n) is 3.74. The van der Waals surface area contributed by atoms with Crippen molar-refractivity contribution in [2.45, 2.75) is 38.5 Å². The first-order chi connectivity index (χ1) is 10.5. The lowest BCUT2D eigenvalue weighted by molar-refractivity contribution is -0.137. The Bertz CT molecular complexity index is 600. The van der Waals surface area contributed by atoms with Gasteiger partial charge in [0.1, 0.15) is 11.1 Å². The summed E-state index contributed by atoms with van der Waals surface area (Å²) in [6, 6.07) is 2.23. The number of carbonyl (C=O) groups is 2. The second-order valence-electron chi connectivity index (χ2n) is 5.28. The van der Waals surface area contributed by atoms with Crippen LogP contribution in [0.3, 0.4) is 0 Å². The van der Waals surface area contributed by atoms with Gasteiger partial charge in [-0.1, -0.05) is 0 Å². The highest BCUT2D eigenvalue weighted by molar-refractivity contribution is 7.16. The van der Waals surface area contributed by atoms with E-state index in [1.54, 1.807) is 4.90 Å². The van der Waals surface area contributed by atoms with Crippen LogP contribution >= 0.6 is 11.3 Å². The third-order valence-corrected chi connectivity index (χ3v) is 5.10. The summed E-state index contributed by atoms with van der Waals surface area (Å²) >= 11 is 1.52. The number of aliphatic carboxylic acids is 2. The topological polar surface area (TPSA) is 102 Å². The number of aryl methyl sites for hydroxylation is 1. The van der Waals surface area contributed by atoms with Crippen molar-refractivity contribution in [1.29, 1.82) is 5.26 Å². The summed E-state index contributed by atoms with van der Waals surface area (Å²) in [6.07, 6.45) is 3.82. The lowest BCUT2D eigenvalue weighted by Gasteiger charge is -2.22. The van der Waals surface area contributed by atoms with Crippen molar-refractivity contribution >= 4 is 28.3 Å². The van der Waals surface area contributed by atoms with Gasteiger partial charge in [0.15, 0.2) is 0 Å². The molecule has 0 spiro atoms. The van der Waals surface area contributed by atoms with Gasteiger partial charge >= 0.3 is 11.9 Å². The van der Waals surface area contributed by atoms with Gasteiger partial charge in [-0.15, -0.1) is 11.3 Å². The summed E-state index contributed by atoms with van der Waals surface area (Å²) in [6.45, 7) is 0.438. The molecule has 2 rings (SSSR count). The Labute approximate surface area is 132 Å². The molecular weight excluding hydrogens is 304 g/mol. The Morgan fingerprint density at radius 2 is 1.73 bits per heavy atom. The minimum Gasteiger partial charge on any atom is -0.481 e. The molecule has 1 heterocycles. The number of anilines is 1. The van der Waals surface area contributed by atoms with Gasteiger partial charge in [-0.2, -0.15) is 5.26 Å². The van der Waals surface area contributed by atoms with Crippen LogP contribution in [-0.2, 0) is 22.4 Å². The normalized spacial score (nSPS) is 13.2. The predicted molar refractivity (Wildman–Crippen MR) is 82.4 cm³/mol. The van der Waals surface area contributed by atoms with Crippen molar-refractivity contribution in [2.24, 2.45) is 0 Å². The summed E-state index contributed by atoms with van der Waals surface area (Å²) in [7, 11) is 0.